The topological polar surface area (TPSA) is 29.3 Å². The zero-order chi connectivity index (χ0) is 13.8. The van der Waals surface area contributed by atoms with Crippen LogP contribution in [-0.2, 0) is 6.42 Å². The quantitative estimate of drug-likeness (QED) is 0.807. The first-order chi connectivity index (χ1) is 8.32. The summed E-state index contributed by atoms with van der Waals surface area (Å²) >= 11 is 0. The molecule has 102 valence electrons. The van der Waals surface area contributed by atoms with E-state index >= 15 is 0 Å². The minimum atomic E-state index is 0.334. The van der Waals surface area contributed by atoms with Gasteiger partial charge in [0.05, 0.1) is 0 Å². The maximum absolute atomic E-state index is 5.95. The van der Waals surface area contributed by atoms with Crippen LogP contribution in [0.2, 0.25) is 0 Å². The fourth-order valence-corrected chi connectivity index (χ4v) is 2.14. The van der Waals surface area contributed by atoms with Gasteiger partial charge in [-0.2, -0.15) is 0 Å². The Balaban J connectivity index is 2.41. The third kappa shape index (κ3) is 4.34. The van der Waals surface area contributed by atoms with Crippen molar-refractivity contribution in [3.8, 4) is 0 Å². The molecule has 1 aromatic carbocycles. The number of nitrogen functional groups attached to an aromatic ring is 1. The first-order valence-electron chi connectivity index (χ1n) is 6.86. The Morgan fingerprint density at radius 1 is 1.22 bits per heavy atom. The zero-order valence-electron chi connectivity index (χ0n) is 12.5. The van der Waals surface area contributed by atoms with Gasteiger partial charge in [-0.1, -0.05) is 39.0 Å². The molecular weight excluding hydrogens is 220 g/mol. The van der Waals surface area contributed by atoms with Crippen molar-refractivity contribution in [2.45, 2.75) is 46.6 Å². The molecule has 0 bridgehead atoms. The van der Waals surface area contributed by atoms with E-state index in [1.165, 1.54) is 5.56 Å². The van der Waals surface area contributed by atoms with Gasteiger partial charge >= 0.3 is 0 Å². The van der Waals surface area contributed by atoms with Crippen molar-refractivity contribution < 1.29 is 0 Å². The van der Waals surface area contributed by atoms with Gasteiger partial charge in [-0.15, -0.1) is 0 Å². The Labute approximate surface area is 112 Å². The highest BCUT2D eigenvalue weighted by Crippen LogP contribution is 2.23. The zero-order valence-corrected chi connectivity index (χ0v) is 12.5. The van der Waals surface area contributed by atoms with Crippen molar-refractivity contribution in [1.82, 2.24) is 4.90 Å². The normalized spacial score (nSPS) is 13.9. The molecule has 1 unspecified atom stereocenters. The smallest absolute Gasteiger partial charge is 0.0346 e. The van der Waals surface area contributed by atoms with Crippen LogP contribution in [0.4, 0.5) is 5.69 Å². The van der Waals surface area contributed by atoms with E-state index in [9.17, 15) is 0 Å². The molecule has 0 aliphatic carbocycles. The molecule has 2 nitrogen and oxygen atoms in total. The SMILES string of the molecule is CC(N(C)CCCc1ccccc1N)C(C)(C)C. The number of hydrogen-bond donors (Lipinski definition) is 1. The number of hydrogen-bond acceptors (Lipinski definition) is 2. The predicted molar refractivity (Wildman–Crippen MR) is 80.7 cm³/mol. The largest absolute Gasteiger partial charge is 0.399 e. The summed E-state index contributed by atoms with van der Waals surface area (Å²) in [7, 11) is 2.21. The van der Waals surface area contributed by atoms with E-state index in [1.54, 1.807) is 0 Å². The van der Waals surface area contributed by atoms with Gasteiger partial charge in [0.1, 0.15) is 0 Å². The van der Waals surface area contributed by atoms with Crippen molar-refractivity contribution in [3.63, 3.8) is 0 Å². The Morgan fingerprint density at radius 2 is 1.83 bits per heavy atom. The molecule has 0 saturated carbocycles. The Morgan fingerprint density at radius 3 is 2.39 bits per heavy atom. The summed E-state index contributed by atoms with van der Waals surface area (Å²) in [5, 5.41) is 0. The molecule has 2 heteroatoms. The molecule has 0 heterocycles. The Hall–Kier alpha value is -1.02. The average molecular weight is 248 g/mol. The second-order valence-electron chi connectivity index (χ2n) is 6.32. The summed E-state index contributed by atoms with van der Waals surface area (Å²) in [6, 6.07) is 8.75. The van der Waals surface area contributed by atoms with Crippen LogP contribution in [0.15, 0.2) is 24.3 Å². The lowest BCUT2D eigenvalue weighted by atomic mass is 9.87. The van der Waals surface area contributed by atoms with Gasteiger partial charge in [0.25, 0.3) is 0 Å². The summed E-state index contributed by atoms with van der Waals surface area (Å²) in [6.45, 7) is 10.3. The van der Waals surface area contributed by atoms with E-state index in [1.807, 2.05) is 12.1 Å². The van der Waals surface area contributed by atoms with Gasteiger partial charge < -0.3 is 10.6 Å². The van der Waals surface area contributed by atoms with Crippen molar-refractivity contribution >= 4 is 5.69 Å². The first kappa shape index (κ1) is 15.0. The lowest BCUT2D eigenvalue weighted by molar-refractivity contribution is 0.140. The van der Waals surface area contributed by atoms with Gasteiger partial charge in [0.15, 0.2) is 0 Å². The fraction of sp³-hybridized carbons (Fsp3) is 0.625. The maximum Gasteiger partial charge on any atom is 0.0346 e. The molecule has 18 heavy (non-hydrogen) atoms. The number of aryl methyl sites for hydroxylation is 1. The van der Waals surface area contributed by atoms with Crippen molar-refractivity contribution in [2.24, 2.45) is 5.41 Å². The summed E-state index contributed by atoms with van der Waals surface area (Å²) in [5.74, 6) is 0. The van der Waals surface area contributed by atoms with Gasteiger partial charge in [0.2, 0.25) is 0 Å². The Bertz CT molecular complexity index is 366. The number of nitrogens with two attached hydrogens (primary N) is 1. The van der Waals surface area contributed by atoms with Crippen molar-refractivity contribution in [3.05, 3.63) is 29.8 Å². The fourth-order valence-electron chi connectivity index (χ4n) is 2.14. The van der Waals surface area contributed by atoms with Gasteiger partial charge in [-0.3, -0.25) is 0 Å². The van der Waals surface area contributed by atoms with Crippen molar-refractivity contribution in [2.75, 3.05) is 19.3 Å². The van der Waals surface area contributed by atoms with Crippen LogP contribution >= 0.6 is 0 Å². The molecule has 1 rings (SSSR count). The number of rotatable bonds is 5. The molecule has 0 amide bonds. The van der Waals surface area contributed by atoms with E-state index in [-0.39, 0.29) is 0 Å². The van der Waals surface area contributed by atoms with E-state index in [0.29, 0.717) is 11.5 Å². The standard InChI is InChI=1S/C16H28N2/c1-13(16(2,3)4)18(5)12-8-10-14-9-6-7-11-15(14)17/h6-7,9,11,13H,8,10,12,17H2,1-5H3. The lowest BCUT2D eigenvalue weighted by Crippen LogP contribution is -2.39. The van der Waals surface area contributed by atoms with Crippen LogP contribution in [0.5, 0.6) is 0 Å². The minimum absolute atomic E-state index is 0.334. The third-order valence-electron chi connectivity index (χ3n) is 3.93. The summed E-state index contributed by atoms with van der Waals surface area (Å²) in [6.07, 6.45) is 2.22. The Kier molecular flexibility index (Phi) is 5.21. The highest BCUT2D eigenvalue weighted by atomic mass is 15.1. The molecule has 0 fully saturated rings. The lowest BCUT2D eigenvalue weighted by Gasteiger charge is -2.35. The summed E-state index contributed by atoms with van der Waals surface area (Å²) < 4.78 is 0. The first-order valence-corrected chi connectivity index (χ1v) is 6.86. The number of nitrogens with zero attached hydrogens (tertiary/aromatic N) is 1. The summed E-state index contributed by atoms with van der Waals surface area (Å²) in [5.41, 5.74) is 8.48. The molecule has 0 aliphatic heterocycles. The third-order valence-corrected chi connectivity index (χ3v) is 3.93. The van der Waals surface area contributed by atoms with Crippen LogP contribution in [0.25, 0.3) is 0 Å². The van der Waals surface area contributed by atoms with E-state index in [2.05, 4.69) is 51.8 Å². The van der Waals surface area contributed by atoms with Gasteiger partial charge in [-0.25, -0.2) is 0 Å². The second kappa shape index (κ2) is 6.24. The monoisotopic (exact) mass is 248 g/mol. The molecule has 1 atom stereocenters. The molecule has 0 saturated heterocycles. The van der Waals surface area contributed by atoms with Crippen LogP contribution < -0.4 is 5.73 Å². The van der Waals surface area contributed by atoms with Crippen LogP contribution in [0, 0.1) is 5.41 Å². The van der Waals surface area contributed by atoms with E-state index < -0.39 is 0 Å². The number of benzene rings is 1. The number of para-hydroxylation sites is 1. The van der Waals surface area contributed by atoms with E-state index in [4.69, 9.17) is 5.73 Å². The molecule has 0 radical (unpaired) electrons. The average Bonchev–Trinajstić information content (AvgIpc) is 2.29. The van der Waals surface area contributed by atoms with Crippen molar-refractivity contribution in [1.29, 1.82) is 0 Å². The molecular formula is C16H28N2. The van der Waals surface area contributed by atoms with Crippen LogP contribution in [0.1, 0.15) is 39.7 Å². The van der Waals surface area contributed by atoms with Gasteiger partial charge in [0, 0.05) is 11.7 Å². The van der Waals surface area contributed by atoms with E-state index in [0.717, 1.165) is 25.1 Å². The van der Waals surface area contributed by atoms with Crippen LogP contribution in [-0.4, -0.2) is 24.5 Å². The van der Waals surface area contributed by atoms with Crippen LogP contribution in [0.3, 0.4) is 0 Å². The highest BCUT2D eigenvalue weighted by molar-refractivity contribution is 5.46. The maximum atomic E-state index is 5.95. The molecule has 2 N–H and O–H groups in total. The minimum Gasteiger partial charge on any atom is -0.399 e. The molecule has 0 aromatic heterocycles. The highest BCUT2D eigenvalue weighted by Gasteiger charge is 2.23. The second-order valence-corrected chi connectivity index (χ2v) is 6.32. The summed E-state index contributed by atoms with van der Waals surface area (Å²) in [4.78, 5) is 2.44. The molecule has 1 aromatic rings. The molecule has 0 spiro atoms. The molecule has 0 aliphatic rings. The van der Waals surface area contributed by atoms with Gasteiger partial charge in [-0.05, 0) is 50.4 Å². The predicted octanol–water partition coefficient (Wildman–Crippen LogP) is 3.57. The number of anilines is 1.